The van der Waals surface area contributed by atoms with Crippen molar-refractivity contribution in [1.29, 1.82) is 0 Å². The fraction of sp³-hybridized carbons (Fsp3) is 0.440. The number of nitrogens with one attached hydrogen (secondary N) is 1. The summed E-state index contributed by atoms with van der Waals surface area (Å²) in [5, 5.41) is 0. The first kappa shape index (κ1) is 21.8. The van der Waals surface area contributed by atoms with Crippen LogP contribution < -0.4 is 16.2 Å². The van der Waals surface area contributed by atoms with Crippen LogP contribution in [0.3, 0.4) is 0 Å². The molecule has 182 valence electrons. The summed E-state index contributed by atoms with van der Waals surface area (Å²) < 4.78 is 7.21. The maximum absolute atomic E-state index is 13.4. The molecule has 4 bridgehead atoms. The van der Waals surface area contributed by atoms with Crippen molar-refractivity contribution >= 4 is 22.9 Å². The molecule has 0 spiro atoms. The Morgan fingerprint density at radius 3 is 2.77 bits per heavy atom. The molecule has 3 aromatic rings. The Hall–Kier alpha value is -3.66. The molecule has 1 saturated heterocycles. The van der Waals surface area contributed by atoms with Gasteiger partial charge in [0.2, 0.25) is 0 Å². The van der Waals surface area contributed by atoms with Crippen LogP contribution in [0.5, 0.6) is 6.01 Å². The van der Waals surface area contributed by atoms with Crippen LogP contribution in [0.2, 0.25) is 0 Å². The zero-order valence-corrected chi connectivity index (χ0v) is 19.6. The molecule has 2 aromatic heterocycles. The molecule has 1 amide bonds. The third-order valence-corrected chi connectivity index (χ3v) is 7.14. The summed E-state index contributed by atoms with van der Waals surface area (Å²) >= 11 is 0. The lowest BCUT2D eigenvalue weighted by Crippen LogP contribution is -2.34. The largest absolute Gasteiger partial charge is 0.463 e. The third kappa shape index (κ3) is 4.07. The number of benzene rings is 1. The summed E-state index contributed by atoms with van der Waals surface area (Å²) in [7, 11) is 0. The van der Waals surface area contributed by atoms with Gasteiger partial charge in [0.05, 0.1) is 13.2 Å². The highest BCUT2D eigenvalue weighted by Gasteiger charge is 2.30. The fourth-order valence-electron chi connectivity index (χ4n) is 5.30. The van der Waals surface area contributed by atoms with Crippen LogP contribution in [0, 0.1) is 0 Å². The van der Waals surface area contributed by atoms with Gasteiger partial charge in [-0.05, 0) is 61.5 Å². The number of likely N-dealkylation sites (tertiary alicyclic amines) is 1. The molecule has 0 atom stereocenters. The van der Waals surface area contributed by atoms with Crippen LogP contribution in [-0.2, 0) is 19.5 Å². The lowest BCUT2D eigenvalue weighted by molar-refractivity contribution is 0.0763. The topological polar surface area (TPSA) is 122 Å². The molecule has 0 radical (unpaired) electrons. The summed E-state index contributed by atoms with van der Waals surface area (Å²) in [5.41, 5.74) is 10.4. The van der Waals surface area contributed by atoms with Crippen molar-refractivity contribution in [2.24, 2.45) is 0 Å². The molecule has 0 unspecified atom stereocenters. The van der Waals surface area contributed by atoms with Gasteiger partial charge >= 0.3 is 11.7 Å². The van der Waals surface area contributed by atoms with Crippen molar-refractivity contribution in [2.45, 2.75) is 38.8 Å². The predicted octanol–water partition coefficient (Wildman–Crippen LogP) is 1.68. The van der Waals surface area contributed by atoms with Crippen molar-refractivity contribution in [3.05, 3.63) is 57.0 Å². The van der Waals surface area contributed by atoms with E-state index in [0.717, 1.165) is 54.9 Å². The van der Waals surface area contributed by atoms with E-state index in [1.807, 2.05) is 11.0 Å². The SMILES string of the molecule is Nc1nc2nc3c1[nH]c(=O)n3Cc1cc(c3c(c1)C(=O)N(CCN1CCCC1)C3)C/C=C/CCO2. The van der Waals surface area contributed by atoms with Crippen LogP contribution in [0.4, 0.5) is 5.82 Å². The highest BCUT2D eigenvalue weighted by molar-refractivity contribution is 5.99. The number of nitrogen functional groups attached to an aromatic ring is 1. The van der Waals surface area contributed by atoms with Crippen molar-refractivity contribution in [2.75, 3.05) is 38.5 Å². The van der Waals surface area contributed by atoms with Gasteiger partial charge in [-0.3, -0.25) is 9.36 Å². The third-order valence-electron chi connectivity index (χ3n) is 7.14. The Bertz CT molecular complexity index is 1380. The minimum atomic E-state index is -0.328. The number of amides is 1. The van der Waals surface area contributed by atoms with Crippen LogP contribution in [0.25, 0.3) is 11.2 Å². The Balaban J connectivity index is 1.38. The number of aromatic amines is 1. The van der Waals surface area contributed by atoms with Gasteiger partial charge in [0.15, 0.2) is 11.5 Å². The second-order valence-electron chi connectivity index (χ2n) is 9.48. The van der Waals surface area contributed by atoms with E-state index in [1.165, 1.54) is 17.4 Å². The first-order valence-corrected chi connectivity index (χ1v) is 12.3. The number of ether oxygens (including phenoxy) is 1. The minimum Gasteiger partial charge on any atom is -0.463 e. The summed E-state index contributed by atoms with van der Waals surface area (Å²) in [4.78, 5) is 41.9. The molecule has 35 heavy (non-hydrogen) atoms. The van der Waals surface area contributed by atoms with Crippen molar-refractivity contribution in [3.63, 3.8) is 0 Å². The first-order chi connectivity index (χ1) is 17.1. The fourth-order valence-corrected chi connectivity index (χ4v) is 5.30. The molecule has 1 aromatic carbocycles. The highest BCUT2D eigenvalue weighted by atomic mass is 16.5. The summed E-state index contributed by atoms with van der Waals surface area (Å²) in [5.74, 6) is 0.239. The Kier molecular flexibility index (Phi) is 5.52. The van der Waals surface area contributed by atoms with Gasteiger partial charge in [-0.15, -0.1) is 0 Å². The lowest BCUT2D eigenvalue weighted by atomic mass is 9.97. The molecule has 0 aliphatic carbocycles. The van der Waals surface area contributed by atoms with Gasteiger partial charge < -0.3 is 25.3 Å². The van der Waals surface area contributed by atoms with Gasteiger partial charge in [-0.1, -0.05) is 18.2 Å². The number of fused-ring (bicyclic) bond motifs is 5. The number of carbonyl (C=O) groups excluding carboxylic acids is 1. The molecular formula is C25H29N7O3. The number of allylic oxidation sites excluding steroid dienone is 1. The van der Waals surface area contributed by atoms with E-state index >= 15 is 0 Å². The Morgan fingerprint density at radius 2 is 1.91 bits per heavy atom. The quantitative estimate of drug-likeness (QED) is 0.553. The number of hydrogen-bond donors (Lipinski definition) is 2. The van der Waals surface area contributed by atoms with Crippen LogP contribution in [0.1, 0.15) is 46.3 Å². The van der Waals surface area contributed by atoms with Crippen molar-refractivity contribution in [1.82, 2.24) is 29.3 Å². The van der Waals surface area contributed by atoms with E-state index in [1.54, 1.807) is 0 Å². The predicted molar refractivity (Wildman–Crippen MR) is 131 cm³/mol. The highest BCUT2D eigenvalue weighted by Crippen LogP contribution is 2.29. The Morgan fingerprint density at radius 1 is 1.06 bits per heavy atom. The zero-order valence-electron chi connectivity index (χ0n) is 19.6. The second-order valence-corrected chi connectivity index (χ2v) is 9.48. The maximum Gasteiger partial charge on any atom is 0.328 e. The average molecular weight is 476 g/mol. The van der Waals surface area contributed by atoms with Gasteiger partial charge in [0, 0.05) is 25.2 Å². The number of hydrogen-bond acceptors (Lipinski definition) is 7. The van der Waals surface area contributed by atoms with E-state index in [2.05, 4.69) is 38.1 Å². The van der Waals surface area contributed by atoms with E-state index in [4.69, 9.17) is 10.5 Å². The van der Waals surface area contributed by atoms with Crippen LogP contribution >= 0.6 is 0 Å². The van der Waals surface area contributed by atoms with Gasteiger partial charge in [-0.25, -0.2) is 4.79 Å². The van der Waals surface area contributed by atoms with Crippen LogP contribution in [-0.4, -0.2) is 68.0 Å². The Labute approximate surface area is 202 Å². The second kappa shape index (κ2) is 8.84. The summed E-state index contributed by atoms with van der Waals surface area (Å²) in [6.07, 6.45) is 8.06. The maximum atomic E-state index is 13.4. The zero-order chi connectivity index (χ0) is 23.9. The average Bonchev–Trinajstić information content (AvgIpc) is 3.55. The van der Waals surface area contributed by atoms with E-state index in [9.17, 15) is 9.59 Å². The number of imidazole rings is 1. The smallest absolute Gasteiger partial charge is 0.328 e. The number of anilines is 1. The monoisotopic (exact) mass is 475 g/mol. The molecule has 5 heterocycles. The van der Waals surface area contributed by atoms with Gasteiger partial charge in [0.25, 0.3) is 5.91 Å². The molecule has 3 aliphatic heterocycles. The number of rotatable bonds is 3. The molecule has 6 rings (SSSR count). The molecule has 0 saturated carbocycles. The first-order valence-electron chi connectivity index (χ1n) is 12.3. The van der Waals surface area contributed by atoms with Gasteiger partial charge in [0.1, 0.15) is 5.52 Å². The molecule has 10 heteroatoms. The molecular weight excluding hydrogens is 446 g/mol. The van der Waals surface area contributed by atoms with Gasteiger partial charge in [-0.2, -0.15) is 9.97 Å². The summed E-state index contributed by atoms with van der Waals surface area (Å²) in [6.45, 7) is 5.18. The lowest BCUT2D eigenvalue weighted by Gasteiger charge is -2.20. The van der Waals surface area contributed by atoms with Crippen molar-refractivity contribution in [3.8, 4) is 6.01 Å². The van der Waals surface area contributed by atoms with Crippen molar-refractivity contribution < 1.29 is 9.53 Å². The molecule has 1 fully saturated rings. The number of carbonyl (C=O) groups is 1. The van der Waals surface area contributed by atoms with E-state index < -0.39 is 0 Å². The molecule has 10 nitrogen and oxygen atoms in total. The number of H-pyrrole nitrogens is 1. The summed E-state index contributed by atoms with van der Waals surface area (Å²) in [6, 6.07) is 4.19. The van der Waals surface area contributed by atoms with E-state index in [-0.39, 0.29) is 30.0 Å². The minimum absolute atomic E-state index is 0.0703. The molecule has 3 aliphatic rings. The van der Waals surface area contributed by atoms with Crippen LogP contribution in [0.15, 0.2) is 29.1 Å². The molecule has 3 N–H and O–H groups in total. The van der Waals surface area contributed by atoms with E-state index in [0.29, 0.717) is 30.7 Å². The number of nitrogens with two attached hydrogens (primary N) is 1. The number of aromatic nitrogens is 4. The standard InChI is InChI=1S/C25H29N7O3/c26-21-20-22-29-24(28-21)35-11-5-1-2-6-17-12-16(14-32(22)25(34)27-20)13-18-19(17)15-31(23(18)33)10-9-30-7-3-4-8-30/h1-2,12-13H,3-11,14-15H2,(H,27,34)(H2,26,28,29)/b2-1+. The number of nitrogens with zero attached hydrogens (tertiary/aromatic N) is 5. The normalized spacial score (nSPS) is 19.2.